The van der Waals surface area contributed by atoms with Gasteiger partial charge in [-0.25, -0.2) is 0 Å². The number of benzene rings is 1. The number of carbonyl (C=O) groups is 1. The third-order valence-corrected chi connectivity index (χ3v) is 10.1. The molecule has 5 heteroatoms. The predicted octanol–water partition coefficient (Wildman–Crippen LogP) is 5.39. The minimum Gasteiger partial charge on any atom is -0.326 e. The lowest BCUT2D eigenvalue weighted by Crippen LogP contribution is -2.48. The molecule has 3 fully saturated rings. The highest BCUT2D eigenvalue weighted by molar-refractivity contribution is 9.10. The molecule has 1 aromatic rings. The van der Waals surface area contributed by atoms with Gasteiger partial charge < -0.3 is 5.32 Å². The lowest BCUT2D eigenvalue weighted by molar-refractivity contribution is -0.122. The van der Waals surface area contributed by atoms with E-state index >= 15 is 0 Å². The Bertz CT molecular complexity index is 586. The molecule has 2 aliphatic carbocycles. The average molecular weight is 412 g/mol. The number of nitrogens with one attached hydrogen (secondary N) is 1. The molecule has 4 rings (SSSR count). The maximum absolute atomic E-state index is 12.8. The van der Waals surface area contributed by atoms with Crippen LogP contribution in [0.3, 0.4) is 0 Å². The summed E-state index contributed by atoms with van der Waals surface area (Å²) in [7, 11) is 0. The van der Waals surface area contributed by atoms with Crippen LogP contribution in [-0.2, 0) is 4.79 Å². The van der Waals surface area contributed by atoms with Gasteiger partial charge in [0.25, 0.3) is 0 Å². The SMILES string of the molecule is O=C(Nc1cccc(Br)c1)C1C[C@H]2CCC[C@@H](C1)C21SCCS1. The Hall–Kier alpha value is -0.130. The smallest absolute Gasteiger partial charge is 0.227 e. The van der Waals surface area contributed by atoms with E-state index in [0.717, 1.165) is 34.8 Å². The van der Waals surface area contributed by atoms with Gasteiger partial charge in [-0.15, -0.1) is 23.5 Å². The zero-order chi connectivity index (χ0) is 15.9. The van der Waals surface area contributed by atoms with Crippen LogP contribution in [0.4, 0.5) is 5.69 Å². The molecule has 3 aliphatic rings. The van der Waals surface area contributed by atoms with Gasteiger partial charge in [-0.3, -0.25) is 4.79 Å². The fraction of sp³-hybridized carbons (Fsp3) is 0.611. The lowest BCUT2D eigenvalue weighted by atomic mass is 9.67. The van der Waals surface area contributed by atoms with E-state index in [0.29, 0.717) is 4.08 Å². The van der Waals surface area contributed by atoms with E-state index < -0.39 is 0 Å². The third kappa shape index (κ3) is 3.09. The van der Waals surface area contributed by atoms with Crippen molar-refractivity contribution in [2.45, 2.75) is 36.2 Å². The predicted molar refractivity (Wildman–Crippen MR) is 104 cm³/mol. The highest BCUT2D eigenvalue weighted by atomic mass is 79.9. The number of hydrogen-bond acceptors (Lipinski definition) is 3. The van der Waals surface area contributed by atoms with E-state index in [9.17, 15) is 4.79 Å². The molecular weight excluding hydrogens is 390 g/mol. The molecule has 2 saturated carbocycles. The van der Waals surface area contributed by atoms with Crippen molar-refractivity contribution in [2.75, 3.05) is 16.8 Å². The second-order valence-electron chi connectivity index (χ2n) is 6.91. The van der Waals surface area contributed by atoms with E-state index in [1.54, 1.807) is 0 Å². The van der Waals surface area contributed by atoms with Gasteiger partial charge in [-0.1, -0.05) is 28.4 Å². The molecule has 1 saturated heterocycles. The zero-order valence-corrected chi connectivity index (χ0v) is 16.3. The first-order valence-electron chi connectivity index (χ1n) is 8.52. The summed E-state index contributed by atoms with van der Waals surface area (Å²) in [6.45, 7) is 0. The largest absolute Gasteiger partial charge is 0.326 e. The Morgan fingerprint density at radius 1 is 1.17 bits per heavy atom. The maximum Gasteiger partial charge on any atom is 0.227 e. The van der Waals surface area contributed by atoms with E-state index in [-0.39, 0.29) is 11.8 Å². The van der Waals surface area contributed by atoms with Crippen molar-refractivity contribution in [3.05, 3.63) is 28.7 Å². The van der Waals surface area contributed by atoms with Gasteiger partial charge in [0.15, 0.2) is 0 Å². The van der Waals surface area contributed by atoms with Gasteiger partial charge in [0.05, 0.1) is 4.08 Å². The molecule has 1 aromatic carbocycles. The molecule has 2 bridgehead atoms. The molecule has 1 heterocycles. The first-order chi connectivity index (χ1) is 11.2. The van der Waals surface area contributed by atoms with Crippen molar-refractivity contribution in [3.8, 4) is 0 Å². The topological polar surface area (TPSA) is 29.1 Å². The first-order valence-corrected chi connectivity index (χ1v) is 11.3. The summed E-state index contributed by atoms with van der Waals surface area (Å²) in [5, 5.41) is 3.14. The Labute approximate surface area is 155 Å². The maximum atomic E-state index is 12.8. The van der Waals surface area contributed by atoms with Gasteiger partial charge in [0, 0.05) is 27.6 Å². The Morgan fingerprint density at radius 2 is 1.87 bits per heavy atom. The standard InChI is InChI=1S/C18H22BrNOS2/c19-15-5-2-6-16(11-15)20-17(21)12-9-13-3-1-4-14(10-12)18(13)22-7-8-23-18/h2,5-6,11-14H,1,3-4,7-10H2,(H,20,21)/t12?,13-,14+. The molecule has 124 valence electrons. The molecule has 3 atom stereocenters. The van der Waals surface area contributed by atoms with Crippen LogP contribution in [0.1, 0.15) is 32.1 Å². The van der Waals surface area contributed by atoms with E-state index in [1.807, 2.05) is 24.3 Å². The first kappa shape index (κ1) is 16.3. The summed E-state index contributed by atoms with van der Waals surface area (Å²) in [4.78, 5) is 12.8. The molecule has 23 heavy (non-hydrogen) atoms. The van der Waals surface area contributed by atoms with Crippen molar-refractivity contribution in [1.29, 1.82) is 0 Å². The van der Waals surface area contributed by atoms with Crippen molar-refractivity contribution >= 4 is 51.0 Å². The van der Waals surface area contributed by atoms with Crippen LogP contribution >= 0.6 is 39.5 Å². The fourth-order valence-corrected chi connectivity index (χ4v) is 8.97. The molecule has 2 nitrogen and oxygen atoms in total. The molecule has 1 spiro atoms. The molecule has 0 aromatic heterocycles. The highest BCUT2D eigenvalue weighted by Gasteiger charge is 2.55. The summed E-state index contributed by atoms with van der Waals surface area (Å²) >= 11 is 7.88. The number of anilines is 1. The van der Waals surface area contributed by atoms with Gasteiger partial charge in [-0.05, 0) is 55.7 Å². The number of hydrogen-bond donors (Lipinski definition) is 1. The van der Waals surface area contributed by atoms with Gasteiger partial charge in [0.2, 0.25) is 5.91 Å². The molecule has 1 aliphatic heterocycles. The number of halogens is 1. The average Bonchev–Trinajstić information content (AvgIpc) is 2.96. The van der Waals surface area contributed by atoms with Crippen LogP contribution in [0.2, 0.25) is 0 Å². The van der Waals surface area contributed by atoms with E-state index in [1.165, 1.54) is 30.8 Å². The minimum absolute atomic E-state index is 0.191. The quantitative estimate of drug-likeness (QED) is 0.706. The number of amides is 1. The summed E-state index contributed by atoms with van der Waals surface area (Å²) in [5.41, 5.74) is 0.902. The number of carbonyl (C=O) groups excluding carboxylic acids is 1. The van der Waals surface area contributed by atoms with Crippen molar-refractivity contribution in [3.63, 3.8) is 0 Å². The van der Waals surface area contributed by atoms with Crippen LogP contribution in [0.5, 0.6) is 0 Å². The number of thioether (sulfide) groups is 2. The van der Waals surface area contributed by atoms with Crippen molar-refractivity contribution in [1.82, 2.24) is 0 Å². The Morgan fingerprint density at radius 3 is 2.52 bits per heavy atom. The Kier molecular flexibility index (Phi) is 4.72. The lowest BCUT2D eigenvalue weighted by Gasteiger charge is -2.52. The third-order valence-electron chi connectivity index (χ3n) is 5.58. The van der Waals surface area contributed by atoms with Crippen LogP contribution in [-0.4, -0.2) is 21.5 Å². The normalized spacial score (nSPS) is 32.0. The van der Waals surface area contributed by atoms with E-state index in [4.69, 9.17) is 0 Å². The van der Waals surface area contributed by atoms with Crippen LogP contribution in [0, 0.1) is 17.8 Å². The van der Waals surface area contributed by atoms with E-state index in [2.05, 4.69) is 44.8 Å². The molecule has 0 radical (unpaired) electrons. The van der Waals surface area contributed by atoms with Crippen LogP contribution in [0.15, 0.2) is 28.7 Å². The van der Waals surface area contributed by atoms with Crippen LogP contribution < -0.4 is 5.32 Å². The Balaban J connectivity index is 1.48. The van der Waals surface area contributed by atoms with Gasteiger partial charge in [0.1, 0.15) is 0 Å². The minimum atomic E-state index is 0.191. The summed E-state index contributed by atoms with van der Waals surface area (Å²) in [6, 6.07) is 7.90. The monoisotopic (exact) mass is 411 g/mol. The van der Waals surface area contributed by atoms with Crippen LogP contribution in [0.25, 0.3) is 0 Å². The molecule has 1 amide bonds. The van der Waals surface area contributed by atoms with Gasteiger partial charge in [-0.2, -0.15) is 0 Å². The highest BCUT2D eigenvalue weighted by Crippen LogP contribution is 2.64. The second-order valence-corrected chi connectivity index (χ2v) is 10.8. The van der Waals surface area contributed by atoms with Gasteiger partial charge >= 0.3 is 0 Å². The van der Waals surface area contributed by atoms with Crippen molar-refractivity contribution in [2.24, 2.45) is 17.8 Å². The summed E-state index contributed by atoms with van der Waals surface area (Å²) in [5.74, 6) is 4.47. The van der Waals surface area contributed by atoms with Crippen molar-refractivity contribution < 1.29 is 4.79 Å². The summed E-state index contributed by atoms with van der Waals surface area (Å²) < 4.78 is 1.46. The zero-order valence-electron chi connectivity index (χ0n) is 13.1. The fourth-order valence-electron chi connectivity index (χ4n) is 4.63. The second kappa shape index (κ2) is 6.64. The molecule has 1 N–H and O–H groups in total. The molecule has 1 unspecified atom stereocenters. The number of rotatable bonds is 2. The summed E-state index contributed by atoms with van der Waals surface area (Å²) in [6.07, 6.45) is 6.15. The molecular formula is C18H22BrNOS2.